The lowest BCUT2D eigenvalue weighted by molar-refractivity contribution is 0.190. The Balaban J connectivity index is 3.06. The Morgan fingerprint density at radius 3 is 2.37 bits per heavy atom. The number of aromatic nitrogens is 1. The number of pyridine rings is 1. The molecule has 0 aliphatic rings. The molecule has 0 spiro atoms. The van der Waals surface area contributed by atoms with Crippen LogP contribution in [0.4, 0.5) is 5.82 Å². The first-order chi connectivity index (χ1) is 9.11. The van der Waals surface area contributed by atoms with Crippen LogP contribution in [0, 0.1) is 12.3 Å². The summed E-state index contributed by atoms with van der Waals surface area (Å²) in [5.74, 6) is 0.738. The number of nitrogens with one attached hydrogen (secondary N) is 1. The van der Waals surface area contributed by atoms with Crippen LogP contribution in [0.5, 0.6) is 0 Å². The molecular formula is C13H22N4O2. The molecule has 0 bridgehead atoms. The minimum atomic E-state index is 0.0282. The van der Waals surface area contributed by atoms with Gasteiger partial charge in [-0.05, 0) is 18.6 Å². The third kappa shape index (κ3) is 4.18. The summed E-state index contributed by atoms with van der Waals surface area (Å²) >= 11 is 0. The Kier molecular flexibility index (Phi) is 6.24. The third-order valence-electron chi connectivity index (χ3n) is 2.84. The number of hydrogen-bond donors (Lipinski definition) is 2. The Labute approximate surface area is 114 Å². The minimum absolute atomic E-state index is 0.0282. The molecule has 0 radical (unpaired) electrons. The van der Waals surface area contributed by atoms with Gasteiger partial charge in [0.25, 0.3) is 0 Å². The lowest BCUT2D eigenvalue weighted by Gasteiger charge is -2.25. The molecule has 1 rings (SSSR count). The molecule has 0 aromatic carbocycles. The second kappa shape index (κ2) is 7.70. The molecule has 6 nitrogen and oxygen atoms in total. The van der Waals surface area contributed by atoms with E-state index >= 15 is 0 Å². The first-order valence-corrected chi connectivity index (χ1v) is 6.14. The number of anilines is 1. The van der Waals surface area contributed by atoms with Gasteiger partial charge in [0, 0.05) is 33.5 Å². The highest BCUT2D eigenvalue weighted by atomic mass is 16.5. The maximum atomic E-state index is 7.71. The number of methoxy groups -OCH3 is 2. The number of hydrogen-bond acceptors (Lipinski definition) is 5. The summed E-state index contributed by atoms with van der Waals surface area (Å²) in [5, 5.41) is 7.71. The quantitative estimate of drug-likeness (QED) is 0.536. The van der Waals surface area contributed by atoms with Crippen LogP contribution in [0.1, 0.15) is 11.1 Å². The van der Waals surface area contributed by atoms with E-state index in [1.165, 1.54) is 0 Å². The maximum Gasteiger partial charge on any atom is 0.139 e. The van der Waals surface area contributed by atoms with E-state index in [0.29, 0.717) is 37.7 Å². The zero-order valence-electron chi connectivity index (χ0n) is 11.8. The Bertz CT molecular complexity index is 415. The molecule has 1 aromatic rings. The molecule has 6 heteroatoms. The summed E-state index contributed by atoms with van der Waals surface area (Å²) in [7, 11) is 3.31. The zero-order valence-corrected chi connectivity index (χ0v) is 11.8. The Morgan fingerprint density at radius 1 is 1.32 bits per heavy atom. The van der Waals surface area contributed by atoms with E-state index in [-0.39, 0.29) is 5.84 Å². The van der Waals surface area contributed by atoms with Gasteiger partial charge in [-0.2, -0.15) is 0 Å². The molecule has 0 aliphatic carbocycles. The lowest BCUT2D eigenvalue weighted by Crippen LogP contribution is -2.33. The Morgan fingerprint density at radius 2 is 1.89 bits per heavy atom. The SMILES string of the molecule is COCCN(CCOC)c1nccc(C)c1C(=N)N. The van der Waals surface area contributed by atoms with E-state index in [1.54, 1.807) is 20.4 Å². The smallest absolute Gasteiger partial charge is 0.139 e. The first kappa shape index (κ1) is 15.4. The lowest BCUT2D eigenvalue weighted by atomic mass is 10.1. The maximum absolute atomic E-state index is 7.71. The van der Waals surface area contributed by atoms with Crippen molar-refractivity contribution in [3.05, 3.63) is 23.4 Å². The van der Waals surface area contributed by atoms with Gasteiger partial charge in [0.15, 0.2) is 0 Å². The summed E-state index contributed by atoms with van der Waals surface area (Å²) in [6.07, 6.45) is 1.73. The van der Waals surface area contributed by atoms with Crippen molar-refractivity contribution >= 4 is 11.7 Å². The number of nitrogens with zero attached hydrogens (tertiary/aromatic N) is 2. The van der Waals surface area contributed by atoms with Gasteiger partial charge < -0.3 is 20.1 Å². The average molecular weight is 266 g/mol. The fraction of sp³-hybridized carbons (Fsp3) is 0.538. The predicted molar refractivity (Wildman–Crippen MR) is 76.0 cm³/mol. The molecule has 3 N–H and O–H groups in total. The van der Waals surface area contributed by atoms with Crippen LogP contribution >= 0.6 is 0 Å². The van der Waals surface area contributed by atoms with E-state index in [0.717, 1.165) is 5.56 Å². The summed E-state index contributed by atoms with van der Waals surface area (Å²) in [5.41, 5.74) is 7.28. The molecular weight excluding hydrogens is 244 g/mol. The van der Waals surface area contributed by atoms with E-state index in [1.807, 2.05) is 17.9 Å². The number of rotatable bonds is 8. The van der Waals surface area contributed by atoms with E-state index < -0.39 is 0 Å². The molecule has 0 atom stereocenters. The van der Waals surface area contributed by atoms with E-state index in [4.69, 9.17) is 20.6 Å². The van der Waals surface area contributed by atoms with Gasteiger partial charge in [-0.3, -0.25) is 5.41 Å². The average Bonchev–Trinajstić information content (AvgIpc) is 2.38. The summed E-state index contributed by atoms with van der Waals surface area (Å²) < 4.78 is 10.2. The fourth-order valence-corrected chi connectivity index (χ4v) is 1.84. The molecule has 0 amide bonds. The normalized spacial score (nSPS) is 10.5. The van der Waals surface area contributed by atoms with Crippen molar-refractivity contribution in [3.8, 4) is 0 Å². The molecule has 0 saturated carbocycles. The Hall–Kier alpha value is -1.66. The number of aryl methyl sites for hydroxylation is 1. The van der Waals surface area contributed by atoms with Crippen LogP contribution < -0.4 is 10.6 Å². The second-order valence-electron chi connectivity index (χ2n) is 4.21. The standard InChI is InChI=1S/C13H22N4O2/c1-10-4-5-16-13(11(10)12(14)15)17(6-8-18-2)7-9-19-3/h4-5H,6-9H2,1-3H3,(H3,14,15). The highest BCUT2D eigenvalue weighted by molar-refractivity contribution is 6.01. The van der Waals surface area contributed by atoms with Crippen LogP contribution in [0.2, 0.25) is 0 Å². The predicted octanol–water partition coefficient (Wildman–Crippen LogP) is 0.773. The molecule has 19 heavy (non-hydrogen) atoms. The summed E-state index contributed by atoms with van der Waals surface area (Å²) in [6.45, 7) is 4.44. The van der Waals surface area contributed by atoms with Gasteiger partial charge in [0.05, 0.1) is 18.8 Å². The van der Waals surface area contributed by atoms with Gasteiger partial charge >= 0.3 is 0 Å². The number of ether oxygens (including phenoxy) is 2. The molecule has 0 saturated heterocycles. The molecule has 0 unspecified atom stereocenters. The molecule has 0 aliphatic heterocycles. The monoisotopic (exact) mass is 266 g/mol. The second-order valence-corrected chi connectivity index (χ2v) is 4.21. The van der Waals surface area contributed by atoms with Gasteiger partial charge in [-0.15, -0.1) is 0 Å². The van der Waals surface area contributed by atoms with Crippen molar-refractivity contribution < 1.29 is 9.47 Å². The van der Waals surface area contributed by atoms with Crippen LogP contribution in [0.15, 0.2) is 12.3 Å². The number of amidine groups is 1. The van der Waals surface area contributed by atoms with Crippen molar-refractivity contribution in [2.45, 2.75) is 6.92 Å². The summed E-state index contributed by atoms with van der Waals surface area (Å²) in [6, 6.07) is 1.85. The van der Waals surface area contributed by atoms with Crippen LogP contribution in [-0.4, -0.2) is 51.3 Å². The van der Waals surface area contributed by atoms with Crippen molar-refractivity contribution in [1.82, 2.24) is 4.98 Å². The number of nitrogens with two attached hydrogens (primary N) is 1. The van der Waals surface area contributed by atoms with E-state index in [2.05, 4.69) is 4.98 Å². The number of nitrogen functional groups attached to an aromatic ring is 1. The third-order valence-corrected chi connectivity index (χ3v) is 2.84. The zero-order chi connectivity index (χ0) is 14.3. The molecule has 1 aromatic heterocycles. The van der Waals surface area contributed by atoms with Gasteiger partial charge in [-0.1, -0.05) is 0 Å². The summed E-state index contributed by atoms with van der Waals surface area (Å²) in [4.78, 5) is 6.39. The molecule has 0 fully saturated rings. The van der Waals surface area contributed by atoms with Crippen LogP contribution in [0.25, 0.3) is 0 Å². The van der Waals surface area contributed by atoms with Crippen molar-refractivity contribution in [2.75, 3.05) is 45.4 Å². The van der Waals surface area contributed by atoms with Crippen molar-refractivity contribution in [1.29, 1.82) is 5.41 Å². The van der Waals surface area contributed by atoms with Crippen molar-refractivity contribution in [3.63, 3.8) is 0 Å². The van der Waals surface area contributed by atoms with Crippen molar-refractivity contribution in [2.24, 2.45) is 5.73 Å². The van der Waals surface area contributed by atoms with Gasteiger partial charge in [0.2, 0.25) is 0 Å². The van der Waals surface area contributed by atoms with Crippen LogP contribution in [0.3, 0.4) is 0 Å². The highest BCUT2D eigenvalue weighted by Crippen LogP contribution is 2.20. The van der Waals surface area contributed by atoms with E-state index in [9.17, 15) is 0 Å². The minimum Gasteiger partial charge on any atom is -0.384 e. The van der Waals surface area contributed by atoms with Gasteiger partial charge in [-0.25, -0.2) is 4.98 Å². The van der Waals surface area contributed by atoms with Gasteiger partial charge in [0.1, 0.15) is 11.7 Å². The molecule has 106 valence electrons. The highest BCUT2D eigenvalue weighted by Gasteiger charge is 2.16. The fourth-order valence-electron chi connectivity index (χ4n) is 1.84. The first-order valence-electron chi connectivity index (χ1n) is 6.14. The molecule has 1 heterocycles. The van der Waals surface area contributed by atoms with Crippen LogP contribution in [-0.2, 0) is 9.47 Å². The largest absolute Gasteiger partial charge is 0.384 e. The topological polar surface area (TPSA) is 84.5 Å².